The minimum atomic E-state index is 1.01. The zero-order valence-corrected chi connectivity index (χ0v) is 29.7. The second-order valence-electron chi connectivity index (χ2n) is 11.4. The summed E-state index contributed by atoms with van der Waals surface area (Å²) in [6, 6.07) is 22.3. The van der Waals surface area contributed by atoms with E-state index in [1.165, 1.54) is 98.5 Å². The number of unbranched alkanes of at least 4 members (excludes halogenated alkanes) is 6. The molecule has 222 valence electrons. The molecule has 0 aliphatic carbocycles. The van der Waals surface area contributed by atoms with Gasteiger partial charge in [-0.3, -0.25) is 0 Å². The van der Waals surface area contributed by atoms with Gasteiger partial charge in [-0.05, 0) is 80.3 Å². The number of aryl methyl sites for hydroxylation is 2. The molecule has 0 bridgehead atoms. The molecule has 4 heterocycles. The molecule has 2 aromatic carbocycles. The summed E-state index contributed by atoms with van der Waals surface area (Å²) in [6.07, 6.45) is 14.9. The largest absolute Gasteiger partial charge is 0.353 e. The molecule has 43 heavy (non-hydrogen) atoms. The van der Waals surface area contributed by atoms with Gasteiger partial charge in [-0.1, -0.05) is 96.4 Å². The highest BCUT2D eigenvalue weighted by Gasteiger charge is 2.24. The van der Waals surface area contributed by atoms with Gasteiger partial charge in [-0.25, -0.2) is 4.99 Å². The molecule has 1 aliphatic heterocycles. The molecule has 0 unspecified atom stereocenters. The Kier molecular flexibility index (Phi) is 10.2. The zero-order valence-electron chi connectivity index (χ0n) is 24.9. The van der Waals surface area contributed by atoms with Crippen LogP contribution in [-0.4, -0.2) is 10.7 Å². The van der Waals surface area contributed by atoms with E-state index in [9.17, 15) is 0 Å². The fourth-order valence-corrected chi connectivity index (χ4v) is 8.72. The second kappa shape index (κ2) is 14.2. The van der Waals surface area contributed by atoms with Crippen molar-refractivity contribution in [3.63, 3.8) is 0 Å². The van der Waals surface area contributed by atoms with Crippen LogP contribution >= 0.6 is 54.5 Å². The lowest BCUT2D eigenvalue weighted by molar-refractivity contribution is 0.670. The number of benzene rings is 2. The van der Waals surface area contributed by atoms with Crippen LogP contribution in [0.2, 0.25) is 0 Å². The number of thiophene rings is 2. The van der Waals surface area contributed by atoms with E-state index >= 15 is 0 Å². The van der Waals surface area contributed by atoms with E-state index in [2.05, 4.69) is 117 Å². The molecule has 1 aliphatic rings. The summed E-state index contributed by atoms with van der Waals surface area (Å²) in [7, 11) is 0. The van der Waals surface area contributed by atoms with E-state index in [0.29, 0.717) is 0 Å². The minimum absolute atomic E-state index is 1.01. The van der Waals surface area contributed by atoms with Crippen molar-refractivity contribution < 1.29 is 0 Å². The van der Waals surface area contributed by atoms with E-state index in [-0.39, 0.29) is 0 Å². The molecule has 0 saturated carbocycles. The van der Waals surface area contributed by atoms with Crippen molar-refractivity contribution in [3.05, 3.63) is 101 Å². The van der Waals surface area contributed by atoms with Crippen LogP contribution in [0.25, 0.3) is 33.1 Å². The average molecular weight is 735 g/mol. The Bertz CT molecular complexity index is 1790. The normalized spacial score (nSPS) is 13.8. The second-order valence-corrected chi connectivity index (χ2v) is 15.6. The summed E-state index contributed by atoms with van der Waals surface area (Å²) in [5.74, 6) is 0. The summed E-state index contributed by atoms with van der Waals surface area (Å²) in [5.41, 5.74) is 6.77. The Morgan fingerprint density at radius 1 is 0.674 bits per heavy atom. The molecule has 3 aromatic heterocycles. The Morgan fingerprint density at radius 2 is 1.33 bits per heavy atom. The zero-order chi connectivity index (χ0) is 29.8. The quantitative estimate of drug-likeness (QED) is 0.117. The van der Waals surface area contributed by atoms with Crippen molar-refractivity contribution in [3.8, 4) is 10.6 Å². The first-order valence-corrected chi connectivity index (χ1v) is 18.9. The average Bonchev–Trinajstić information content (AvgIpc) is 3.79. The standard InChI is InChI=1S/C37H38Br2N2S2/c1-3-5-7-9-11-26-15-19-34(42-26)36-30-21-24(38)13-17-28(30)32(40-36)23-33-29-18-14-25(39)22-31(29)37(41-33)35-20-16-27(43-35)12-10-8-6-4-2/h13-23,40H,3-12H2,1-2H3/b33-23+. The third-order valence-corrected chi connectivity index (χ3v) is 11.5. The number of rotatable bonds is 13. The Hall–Kier alpha value is -2.25. The maximum atomic E-state index is 5.29. The van der Waals surface area contributed by atoms with Crippen molar-refractivity contribution >= 4 is 82.8 Å². The van der Waals surface area contributed by atoms with Crippen molar-refractivity contribution in [2.75, 3.05) is 0 Å². The lowest BCUT2D eigenvalue weighted by Crippen LogP contribution is -1.97. The summed E-state index contributed by atoms with van der Waals surface area (Å²) < 4.78 is 2.17. The number of aromatic nitrogens is 1. The molecule has 0 spiro atoms. The fourth-order valence-electron chi connectivity index (χ4n) is 5.89. The van der Waals surface area contributed by atoms with Gasteiger partial charge in [-0.2, -0.15) is 0 Å². The summed E-state index contributed by atoms with van der Waals surface area (Å²) >= 11 is 11.3. The molecular weight excluding hydrogens is 696 g/mol. The minimum Gasteiger partial charge on any atom is -0.353 e. The number of aromatic amines is 1. The van der Waals surface area contributed by atoms with Crippen molar-refractivity contribution in [1.82, 2.24) is 4.98 Å². The molecule has 5 aromatic rings. The van der Waals surface area contributed by atoms with Gasteiger partial charge in [0, 0.05) is 46.3 Å². The highest BCUT2D eigenvalue weighted by atomic mass is 79.9. The number of hydrogen-bond acceptors (Lipinski definition) is 3. The number of H-pyrrole nitrogens is 1. The Balaban J connectivity index is 1.35. The van der Waals surface area contributed by atoms with Gasteiger partial charge in [0.05, 0.1) is 26.9 Å². The number of hydrogen-bond donors (Lipinski definition) is 1. The van der Waals surface area contributed by atoms with E-state index in [0.717, 1.165) is 38.9 Å². The molecule has 0 saturated heterocycles. The summed E-state index contributed by atoms with van der Waals surface area (Å²) in [6.45, 7) is 4.54. The van der Waals surface area contributed by atoms with Crippen LogP contribution in [0.15, 0.2) is 74.6 Å². The molecule has 6 rings (SSSR count). The highest BCUT2D eigenvalue weighted by Crippen LogP contribution is 2.40. The van der Waals surface area contributed by atoms with Gasteiger partial charge in [0.15, 0.2) is 0 Å². The lowest BCUT2D eigenvalue weighted by atomic mass is 10.0. The number of aliphatic imine (C=N–C) groups is 1. The SMILES string of the molecule is CCCCCCc1ccc(C2=N/C(=C/c3[nH]c(-c4ccc(CCCCCC)s4)c4cc(Br)ccc34)c3ccc(Br)cc32)s1. The first-order chi connectivity index (χ1) is 21.0. The van der Waals surface area contributed by atoms with Gasteiger partial charge in [0.25, 0.3) is 0 Å². The molecular formula is C37H38Br2N2S2. The van der Waals surface area contributed by atoms with Crippen molar-refractivity contribution in [1.29, 1.82) is 0 Å². The molecule has 0 radical (unpaired) electrons. The van der Waals surface area contributed by atoms with Crippen LogP contribution in [0.1, 0.15) is 96.7 Å². The lowest BCUT2D eigenvalue weighted by Gasteiger charge is -2.03. The van der Waals surface area contributed by atoms with E-state index in [1.807, 2.05) is 22.7 Å². The van der Waals surface area contributed by atoms with Crippen molar-refractivity contribution in [2.24, 2.45) is 4.99 Å². The van der Waals surface area contributed by atoms with Crippen LogP contribution in [-0.2, 0) is 12.8 Å². The van der Waals surface area contributed by atoms with Gasteiger partial charge < -0.3 is 4.98 Å². The molecule has 0 fully saturated rings. The van der Waals surface area contributed by atoms with E-state index in [1.54, 1.807) is 0 Å². The summed E-state index contributed by atoms with van der Waals surface area (Å²) in [4.78, 5) is 14.6. The predicted octanol–water partition coefficient (Wildman–Crippen LogP) is 13.1. The fraction of sp³-hybridized carbons (Fsp3) is 0.324. The number of halogens is 2. The van der Waals surface area contributed by atoms with Crippen LogP contribution in [0.4, 0.5) is 0 Å². The number of nitrogens with one attached hydrogen (secondary N) is 1. The van der Waals surface area contributed by atoms with E-state index < -0.39 is 0 Å². The van der Waals surface area contributed by atoms with Crippen LogP contribution in [0, 0.1) is 0 Å². The van der Waals surface area contributed by atoms with Crippen molar-refractivity contribution in [2.45, 2.75) is 78.1 Å². The Morgan fingerprint density at radius 3 is 2.05 bits per heavy atom. The third kappa shape index (κ3) is 7.03. The topological polar surface area (TPSA) is 28.1 Å². The van der Waals surface area contributed by atoms with Gasteiger partial charge >= 0.3 is 0 Å². The molecule has 1 N–H and O–H groups in total. The maximum Gasteiger partial charge on any atom is 0.0888 e. The predicted molar refractivity (Wildman–Crippen MR) is 197 cm³/mol. The first kappa shape index (κ1) is 30.8. The van der Waals surface area contributed by atoms with Gasteiger partial charge in [0.2, 0.25) is 0 Å². The molecule has 2 nitrogen and oxygen atoms in total. The van der Waals surface area contributed by atoms with Crippen LogP contribution in [0.5, 0.6) is 0 Å². The van der Waals surface area contributed by atoms with Gasteiger partial charge in [0.1, 0.15) is 0 Å². The Labute approximate surface area is 280 Å². The van der Waals surface area contributed by atoms with Crippen LogP contribution < -0.4 is 0 Å². The van der Waals surface area contributed by atoms with E-state index in [4.69, 9.17) is 4.99 Å². The molecule has 6 heteroatoms. The molecule has 0 amide bonds. The smallest absolute Gasteiger partial charge is 0.0888 e. The third-order valence-electron chi connectivity index (χ3n) is 8.18. The number of nitrogens with zero attached hydrogens (tertiary/aromatic N) is 1. The summed E-state index contributed by atoms with van der Waals surface area (Å²) in [5, 5.41) is 2.46. The highest BCUT2D eigenvalue weighted by molar-refractivity contribution is 9.10. The monoisotopic (exact) mass is 732 g/mol. The number of fused-ring (bicyclic) bond motifs is 2. The molecule has 0 atom stereocenters. The first-order valence-electron chi connectivity index (χ1n) is 15.6. The maximum absolute atomic E-state index is 5.29. The van der Waals surface area contributed by atoms with Crippen LogP contribution in [0.3, 0.4) is 0 Å². The van der Waals surface area contributed by atoms with Gasteiger partial charge in [-0.15, -0.1) is 22.7 Å².